The van der Waals surface area contributed by atoms with Gasteiger partial charge >= 0.3 is 0 Å². The standard InChI is InChI=1S/C24H22BrClFN5O/c1-14-10-22(30-31(14)13-19-8-9-20(27)11-21(19)26)28-24(33)18-6-4-17(5-7-18)12-32-16(3)23(25)15(2)29-32/h4-11H,12-13H2,1-3H3,(H,28,30,33). The third-order valence-corrected chi connectivity index (χ3v) is 6.90. The number of aromatic nitrogens is 4. The fourth-order valence-corrected chi connectivity index (χ4v) is 4.01. The fraction of sp³-hybridized carbons (Fsp3) is 0.208. The van der Waals surface area contributed by atoms with Gasteiger partial charge in [0.05, 0.1) is 29.0 Å². The number of amides is 1. The van der Waals surface area contributed by atoms with Crippen molar-refractivity contribution in [2.75, 3.05) is 5.32 Å². The first-order valence-corrected chi connectivity index (χ1v) is 11.5. The minimum atomic E-state index is -0.386. The number of rotatable bonds is 6. The molecule has 33 heavy (non-hydrogen) atoms. The second-order valence-electron chi connectivity index (χ2n) is 7.86. The number of nitrogens with zero attached hydrogens (tertiary/aromatic N) is 4. The van der Waals surface area contributed by atoms with E-state index in [0.717, 1.165) is 32.7 Å². The Morgan fingerprint density at radius 3 is 2.39 bits per heavy atom. The van der Waals surface area contributed by atoms with Crippen LogP contribution in [0.3, 0.4) is 0 Å². The molecule has 9 heteroatoms. The minimum Gasteiger partial charge on any atom is -0.305 e. The molecule has 0 saturated carbocycles. The normalized spacial score (nSPS) is 11.1. The first kappa shape index (κ1) is 23.2. The van der Waals surface area contributed by atoms with Crippen molar-refractivity contribution in [1.29, 1.82) is 0 Å². The van der Waals surface area contributed by atoms with Crippen molar-refractivity contribution in [3.05, 3.63) is 97.6 Å². The van der Waals surface area contributed by atoms with Crippen LogP contribution >= 0.6 is 27.5 Å². The maximum Gasteiger partial charge on any atom is 0.256 e. The van der Waals surface area contributed by atoms with Crippen molar-refractivity contribution in [2.45, 2.75) is 33.9 Å². The number of carbonyl (C=O) groups excluding carboxylic acids is 1. The molecule has 0 fully saturated rings. The molecular formula is C24H22BrClFN5O. The zero-order valence-corrected chi connectivity index (χ0v) is 20.7. The SMILES string of the molecule is Cc1nn(Cc2ccc(C(=O)Nc3cc(C)n(Cc4ccc(F)cc4Cl)n3)cc2)c(C)c1Br. The first-order chi connectivity index (χ1) is 15.7. The molecule has 4 rings (SSSR count). The molecule has 0 aliphatic heterocycles. The Hall–Kier alpha value is -2.97. The van der Waals surface area contributed by atoms with Gasteiger partial charge in [0.15, 0.2) is 5.82 Å². The van der Waals surface area contributed by atoms with Crippen molar-refractivity contribution in [3.8, 4) is 0 Å². The molecular weight excluding hydrogens is 509 g/mol. The van der Waals surface area contributed by atoms with Crippen LogP contribution in [0.5, 0.6) is 0 Å². The zero-order chi connectivity index (χ0) is 23.7. The van der Waals surface area contributed by atoms with E-state index in [-0.39, 0.29) is 11.7 Å². The van der Waals surface area contributed by atoms with Gasteiger partial charge in [0, 0.05) is 22.3 Å². The number of hydrogen-bond acceptors (Lipinski definition) is 3. The van der Waals surface area contributed by atoms with Gasteiger partial charge in [0.1, 0.15) is 5.82 Å². The molecule has 0 spiro atoms. The summed E-state index contributed by atoms with van der Waals surface area (Å²) >= 11 is 9.67. The lowest BCUT2D eigenvalue weighted by Gasteiger charge is -2.07. The van der Waals surface area contributed by atoms with Crippen LogP contribution in [0.25, 0.3) is 0 Å². The topological polar surface area (TPSA) is 64.7 Å². The Bertz CT molecular complexity index is 1330. The highest BCUT2D eigenvalue weighted by atomic mass is 79.9. The first-order valence-electron chi connectivity index (χ1n) is 10.3. The maximum atomic E-state index is 13.3. The number of carbonyl (C=O) groups is 1. The third-order valence-electron chi connectivity index (χ3n) is 5.40. The summed E-state index contributed by atoms with van der Waals surface area (Å²) in [5.74, 6) is -0.199. The predicted octanol–water partition coefficient (Wildman–Crippen LogP) is 5.91. The van der Waals surface area contributed by atoms with E-state index >= 15 is 0 Å². The van der Waals surface area contributed by atoms with Gasteiger partial charge in [0.25, 0.3) is 5.91 Å². The summed E-state index contributed by atoms with van der Waals surface area (Å²) in [6, 6.07) is 13.4. The molecule has 6 nitrogen and oxygen atoms in total. The number of benzene rings is 2. The van der Waals surface area contributed by atoms with Crippen LogP contribution in [0.2, 0.25) is 5.02 Å². The highest BCUT2D eigenvalue weighted by molar-refractivity contribution is 9.10. The van der Waals surface area contributed by atoms with E-state index in [0.29, 0.717) is 29.5 Å². The predicted molar refractivity (Wildman–Crippen MR) is 130 cm³/mol. The third kappa shape index (κ3) is 5.17. The maximum absolute atomic E-state index is 13.3. The highest BCUT2D eigenvalue weighted by Gasteiger charge is 2.13. The zero-order valence-electron chi connectivity index (χ0n) is 18.4. The Kier molecular flexibility index (Phi) is 6.67. The van der Waals surface area contributed by atoms with E-state index in [2.05, 4.69) is 31.4 Å². The molecule has 2 heterocycles. The summed E-state index contributed by atoms with van der Waals surface area (Å²) in [7, 11) is 0. The Morgan fingerprint density at radius 2 is 1.76 bits per heavy atom. The largest absolute Gasteiger partial charge is 0.305 e. The molecule has 0 aliphatic carbocycles. The number of nitrogens with one attached hydrogen (secondary N) is 1. The summed E-state index contributed by atoms with van der Waals surface area (Å²) in [6.07, 6.45) is 0. The van der Waals surface area contributed by atoms with E-state index in [1.807, 2.05) is 37.6 Å². The number of halogens is 3. The fourth-order valence-electron chi connectivity index (χ4n) is 3.49. The summed E-state index contributed by atoms with van der Waals surface area (Å²) in [5.41, 5.74) is 5.16. The Morgan fingerprint density at radius 1 is 1.03 bits per heavy atom. The van der Waals surface area contributed by atoms with Gasteiger partial charge in [-0.25, -0.2) is 4.39 Å². The summed E-state index contributed by atoms with van der Waals surface area (Å²) < 4.78 is 17.9. The lowest BCUT2D eigenvalue weighted by molar-refractivity contribution is 0.102. The number of aryl methyl sites for hydroxylation is 2. The molecule has 2 aromatic carbocycles. The average Bonchev–Trinajstić information content (AvgIpc) is 3.23. The molecule has 1 N–H and O–H groups in total. The second-order valence-corrected chi connectivity index (χ2v) is 9.06. The van der Waals surface area contributed by atoms with Crippen LogP contribution in [-0.2, 0) is 13.1 Å². The van der Waals surface area contributed by atoms with Crippen molar-refractivity contribution < 1.29 is 9.18 Å². The lowest BCUT2D eigenvalue weighted by Crippen LogP contribution is -2.13. The van der Waals surface area contributed by atoms with Crippen molar-refractivity contribution in [2.24, 2.45) is 0 Å². The molecule has 0 atom stereocenters. The molecule has 0 unspecified atom stereocenters. The summed E-state index contributed by atoms with van der Waals surface area (Å²) in [4.78, 5) is 12.7. The molecule has 0 bridgehead atoms. The van der Waals surface area contributed by atoms with Crippen molar-refractivity contribution >= 4 is 39.3 Å². The smallest absolute Gasteiger partial charge is 0.256 e. The van der Waals surface area contributed by atoms with Crippen LogP contribution in [0.1, 0.15) is 38.6 Å². The van der Waals surface area contributed by atoms with Crippen LogP contribution in [0.15, 0.2) is 53.0 Å². The van der Waals surface area contributed by atoms with Gasteiger partial charge in [0.2, 0.25) is 0 Å². The molecule has 0 saturated heterocycles. The van der Waals surface area contributed by atoms with Gasteiger partial charge in [-0.15, -0.1) is 0 Å². The molecule has 0 aliphatic rings. The lowest BCUT2D eigenvalue weighted by atomic mass is 10.1. The van der Waals surface area contributed by atoms with E-state index in [4.69, 9.17) is 11.6 Å². The van der Waals surface area contributed by atoms with E-state index in [1.54, 1.807) is 28.9 Å². The molecule has 170 valence electrons. The van der Waals surface area contributed by atoms with E-state index in [1.165, 1.54) is 12.1 Å². The van der Waals surface area contributed by atoms with Gasteiger partial charge in [-0.2, -0.15) is 10.2 Å². The second kappa shape index (κ2) is 9.49. The highest BCUT2D eigenvalue weighted by Crippen LogP contribution is 2.22. The molecule has 0 radical (unpaired) electrons. The van der Waals surface area contributed by atoms with Crippen molar-refractivity contribution in [3.63, 3.8) is 0 Å². The Labute approximate surface area is 204 Å². The van der Waals surface area contributed by atoms with Crippen LogP contribution < -0.4 is 5.32 Å². The monoisotopic (exact) mass is 529 g/mol. The average molecular weight is 531 g/mol. The summed E-state index contributed by atoms with van der Waals surface area (Å²) in [5, 5.41) is 12.1. The van der Waals surface area contributed by atoms with Crippen molar-refractivity contribution in [1.82, 2.24) is 19.6 Å². The minimum absolute atomic E-state index is 0.250. The van der Waals surface area contributed by atoms with E-state index < -0.39 is 0 Å². The molecule has 1 amide bonds. The number of anilines is 1. The van der Waals surface area contributed by atoms with Crippen LogP contribution in [-0.4, -0.2) is 25.5 Å². The van der Waals surface area contributed by atoms with Crippen LogP contribution in [0, 0.1) is 26.6 Å². The van der Waals surface area contributed by atoms with Crippen LogP contribution in [0.4, 0.5) is 10.2 Å². The van der Waals surface area contributed by atoms with Gasteiger partial charge in [-0.05, 0) is 72.1 Å². The van der Waals surface area contributed by atoms with E-state index in [9.17, 15) is 9.18 Å². The molecule has 2 aromatic heterocycles. The number of hydrogen-bond donors (Lipinski definition) is 1. The van der Waals surface area contributed by atoms with Gasteiger partial charge in [-0.1, -0.05) is 29.8 Å². The quantitative estimate of drug-likeness (QED) is 0.337. The van der Waals surface area contributed by atoms with Gasteiger partial charge < -0.3 is 5.32 Å². The van der Waals surface area contributed by atoms with Gasteiger partial charge in [-0.3, -0.25) is 14.2 Å². The summed E-state index contributed by atoms with van der Waals surface area (Å²) in [6.45, 7) is 6.84. The molecule has 4 aromatic rings. The Balaban J connectivity index is 1.43.